The van der Waals surface area contributed by atoms with E-state index >= 15 is 0 Å². The average Bonchev–Trinajstić information content (AvgIpc) is 3.47. The molecule has 0 aromatic heterocycles. The van der Waals surface area contributed by atoms with Crippen LogP contribution in [0.1, 0.15) is 71.9 Å². The summed E-state index contributed by atoms with van der Waals surface area (Å²) >= 11 is 0. The molecule has 7 heteroatoms. The summed E-state index contributed by atoms with van der Waals surface area (Å²) in [5.74, 6) is 1.09. The molecule has 0 spiro atoms. The number of amides is 2. The van der Waals surface area contributed by atoms with Gasteiger partial charge >= 0.3 is 0 Å². The molecule has 5 atom stereocenters. The molecule has 1 aromatic carbocycles. The molecule has 1 aliphatic carbocycles. The molecule has 2 aliphatic heterocycles. The molecular formula is C24H34N4O3. The van der Waals surface area contributed by atoms with Gasteiger partial charge in [-0.15, -0.1) is 0 Å². The van der Waals surface area contributed by atoms with Gasteiger partial charge in [0.1, 0.15) is 11.4 Å². The minimum atomic E-state index is -0.472. The maximum absolute atomic E-state index is 13.1. The number of carbonyl (C=O) groups is 2. The first-order chi connectivity index (χ1) is 14.5. The summed E-state index contributed by atoms with van der Waals surface area (Å²) in [7, 11) is 0. The Balaban J connectivity index is 1.45. The highest BCUT2D eigenvalue weighted by molar-refractivity contribution is 5.99. The summed E-state index contributed by atoms with van der Waals surface area (Å²) in [5.41, 5.74) is 6.37. The molecule has 2 unspecified atom stereocenters. The number of hydrogen-bond donors (Lipinski definition) is 2. The predicted octanol–water partition coefficient (Wildman–Crippen LogP) is 3.15. The van der Waals surface area contributed by atoms with Crippen LogP contribution in [0.5, 0.6) is 5.75 Å². The number of benzene rings is 1. The van der Waals surface area contributed by atoms with Crippen molar-refractivity contribution in [3.05, 3.63) is 29.8 Å². The topological polar surface area (TPSA) is 97.0 Å². The van der Waals surface area contributed by atoms with E-state index < -0.39 is 5.54 Å². The second kappa shape index (κ2) is 7.53. The fourth-order valence-electron chi connectivity index (χ4n) is 5.00. The number of rotatable bonds is 5. The van der Waals surface area contributed by atoms with E-state index in [0.29, 0.717) is 6.42 Å². The van der Waals surface area contributed by atoms with E-state index in [1.165, 1.54) is 0 Å². The summed E-state index contributed by atoms with van der Waals surface area (Å²) < 4.78 is 6.21. The van der Waals surface area contributed by atoms with Crippen molar-refractivity contribution in [2.75, 3.05) is 0 Å². The Hall–Kier alpha value is -2.57. The Morgan fingerprint density at radius 2 is 2.06 bits per heavy atom. The lowest BCUT2D eigenvalue weighted by atomic mass is 9.86. The van der Waals surface area contributed by atoms with Gasteiger partial charge < -0.3 is 15.8 Å². The van der Waals surface area contributed by atoms with Crippen molar-refractivity contribution in [2.45, 2.75) is 83.5 Å². The van der Waals surface area contributed by atoms with Gasteiger partial charge in [-0.3, -0.25) is 14.5 Å². The first-order valence-electron chi connectivity index (χ1n) is 11.3. The third-order valence-corrected chi connectivity index (χ3v) is 7.07. The lowest BCUT2D eigenvalue weighted by Gasteiger charge is -2.40. The highest BCUT2D eigenvalue weighted by Gasteiger charge is 2.51. The Morgan fingerprint density at radius 1 is 1.35 bits per heavy atom. The van der Waals surface area contributed by atoms with Crippen molar-refractivity contribution in [1.29, 1.82) is 0 Å². The average molecular weight is 427 g/mol. The lowest BCUT2D eigenvalue weighted by Crippen LogP contribution is -2.54. The first-order valence-corrected chi connectivity index (χ1v) is 11.3. The molecule has 0 bridgehead atoms. The molecule has 2 heterocycles. The van der Waals surface area contributed by atoms with Crippen molar-refractivity contribution in [3.8, 4) is 5.75 Å². The maximum atomic E-state index is 13.1. The standard InChI is InChI=1S/C24H34N4O3/c1-6-24(5)12-18(15-9-7-8-10-19(15)31-24)26-21(30)17-11-16(17)14(2)28-20(29)13-23(3,4)27-22(28)25/h7-10,14,16-18H,6,11-13H2,1-5H3,(H2,25,27)(H,26,30)/t14-,16+,17-,18?,24?/m1/s1. The number of nitrogens with two attached hydrogens (primary N) is 1. The Bertz CT molecular complexity index is 927. The van der Waals surface area contributed by atoms with Gasteiger partial charge in [0.2, 0.25) is 11.8 Å². The van der Waals surface area contributed by atoms with Crippen LogP contribution in [0.4, 0.5) is 0 Å². The van der Waals surface area contributed by atoms with Gasteiger partial charge in [0.05, 0.1) is 18.0 Å². The van der Waals surface area contributed by atoms with E-state index in [-0.39, 0.29) is 47.3 Å². The summed E-state index contributed by atoms with van der Waals surface area (Å²) in [5, 5.41) is 3.27. The number of guanidine groups is 1. The number of aliphatic imine (C=N–C) groups is 1. The van der Waals surface area contributed by atoms with Crippen LogP contribution in [0.15, 0.2) is 29.3 Å². The van der Waals surface area contributed by atoms with Crippen molar-refractivity contribution in [2.24, 2.45) is 22.6 Å². The molecule has 0 saturated heterocycles. The van der Waals surface area contributed by atoms with Crippen molar-refractivity contribution >= 4 is 17.8 Å². The quantitative estimate of drug-likeness (QED) is 0.756. The van der Waals surface area contributed by atoms with E-state index in [1.807, 2.05) is 45.0 Å². The third-order valence-electron chi connectivity index (χ3n) is 7.07. The molecule has 31 heavy (non-hydrogen) atoms. The van der Waals surface area contributed by atoms with Crippen LogP contribution in [0.25, 0.3) is 0 Å². The molecule has 7 nitrogen and oxygen atoms in total. The number of carbonyl (C=O) groups excluding carboxylic acids is 2. The third kappa shape index (κ3) is 4.14. The highest BCUT2D eigenvalue weighted by Crippen LogP contribution is 2.46. The number of fused-ring (bicyclic) bond motifs is 1. The zero-order valence-electron chi connectivity index (χ0n) is 19.1. The van der Waals surface area contributed by atoms with E-state index in [9.17, 15) is 9.59 Å². The van der Waals surface area contributed by atoms with Crippen LogP contribution in [0.2, 0.25) is 0 Å². The zero-order valence-corrected chi connectivity index (χ0v) is 19.1. The van der Waals surface area contributed by atoms with Gasteiger partial charge in [0, 0.05) is 23.9 Å². The zero-order chi connectivity index (χ0) is 22.6. The predicted molar refractivity (Wildman–Crippen MR) is 119 cm³/mol. The Labute approximate surface area is 184 Å². The van der Waals surface area contributed by atoms with Crippen LogP contribution in [-0.2, 0) is 9.59 Å². The van der Waals surface area contributed by atoms with Gasteiger partial charge in [-0.1, -0.05) is 25.1 Å². The van der Waals surface area contributed by atoms with E-state index in [1.54, 1.807) is 4.90 Å². The summed E-state index contributed by atoms with van der Waals surface area (Å²) in [4.78, 5) is 31.9. The molecule has 2 amide bonds. The van der Waals surface area contributed by atoms with Gasteiger partial charge in [-0.2, -0.15) is 0 Å². The molecule has 4 rings (SSSR count). The minimum absolute atomic E-state index is 0.0203. The van der Waals surface area contributed by atoms with Crippen LogP contribution < -0.4 is 15.8 Å². The highest BCUT2D eigenvalue weighted by atomic mass is 16.5. The van der Waals surface area contributed by atoms with Crippen LogP contribution >= 0.6 is 0 Å². The van der Waals surface area contributed by atoms with Crippen LogP contribution in [0.3, 0.4) is 0 Å². The van der Waals surface area contributed by atoms with Gasteiger partial charge in [-0.25, -0.2) is 4.99 Å². The maximum Gasteiger partial charge on any atom is 0.231 e. The molecule has 1 saturated carbocycles. The smallest absolute Gasteiger partial charge is 0.231 e. The van der Waals surface area contributed by atoms with Gasteiger partial charge in [0.25, 0.3) is 0 Å². The summed E-state index contributed by atoms with van der Waals surface area (Å²) in [6.07, 6.45) is 2.68. The minimum Gasteiger partial charge on any atom is -0.487 e. The first kappa shape index (κ1) is 21.7. The van der Waals surface area contributed by atoms with Crippen molar-refractivity contribution in [1.82, 2.24) is 10.2 Å². The van der Waals surface area contributed by atoms with E-state index in [4.69, 9.17) is 10.5 Å². The van der Waals surface area contributed by atoms with Crippen molar-refractivity contribution < 1.29 is 14.3 Å². The molecular weight excluding hydrogens is 392 g/mol. The number of nitrogens with zero attached hydrogens (tertiary/aromatic N) is 2. The van der Waals surface area contributed by atoms with Crippen LogP contribution in [0, 0.1) is 11.8 Å². The fraction of sp³-hybridized carbons (Fsp3) is 0.625. The van der Waals surface area contributed by atoms with E-state index in [0.717, 1.165) is 30.6 Å². The summed E-state index contributed by atoms with van der Waals surface area (Å²) in [6.45, 7) is 9.98. The second-order valence-electron chi connectivity index (χ2n) is 10.2. The second-order valence-corrected chi connectivity index (χ2v) is 10.2. The SMILES string of the molecule is CCC1(C)CC(NC(=O)[C@@H]2C[C@H]2[C@@H](C)N2C(=O)CC(C)(C)N=C2N)c2ccccc2O1. The van der Waals surface area contributed by atoms with E-state index in [2.05, 4.69) is 24.2 Å². The largest absolute Gasteiger partial charge is 0.487 e. The number of nitrogens with one attached hydrogen (secondary N) is 1. The molecule has 0 radical (unpaired) electrons. The van der Waals surface area contributed by atoms with Crippen molar-refractivity contribution in [3.63, 3.8) is 0 Å². The molecule has 168 valence electrons. The molecule has 3 N–H and O–H groups in total. The number of para-hydroxylation sites is 1. The fourth-order valence-corrected chi connectivity index (χ4v) is 5.00. The molecule has 3 aliphatic rings. The van der Waals surface area contributed by atoms with Crippen LogP contribution in [-0.4, -0.2) is 39.9 Å². The monoisotopic (exact) mass is 426 g/mol. The molecule has 1 fully saturated rings. The van der Waals surface area contributed by atoms with Gasteiger partial charge in [-0.05, 0) is 52.5 Å². The lowest BCUT2D eigenvalue weighted by molar-refractivity contribution is -0.132. The summed E-state index contributed by atoms with van der Waals surface area (Å²) in [6, 6.07) is 7.70. The number of hydrogen-bond acceptors (Lipinski definition) is 5. The number of ether oxygens (including phenoxy) is 1. The van der Waals surface area contributed by atoms with Gasteiger partial charge in [0.15, 0.2) is 5.96 Å². The molecule has 1 aromatic rings. The normalized spacial score (nSPS) is 32.4. The Morgan fingerprint density at radius 3 is 2.74 bits per heavy atom. The Kier molecular flexibility index (Phi) is 5.26.